The number of hydrogen-bond donors (Lipinski definition) is 0. The summed E-state index contributed by atoms with van der Waals surface area (Å²) in [6.07, 6.45) is 1.38. The Morgan fingerprint density at radius 2 is 2.20 bits per heavy atom. The summed E-state index contributed by atoms with van der Waals surface area (Å²) in [6, 6.07) is 0.922. The van der Waals surface area contributed by atoms with Crippen molar-refractivity contribution in [1.82, 2.24) is 8.01 Å². The van der Waals surface area contributed by atoms with E-state index in [1.165, 1.54) is 26.1 Å². The van der Waals surface area contributed by atoms with Crippen molar-refractivity contribution in [2.75, 3.05) is 26.7 Å². The molecule has 58 valence electrons. The van der Waals surface area contributed by atoms with E-state index in [1.807, 2.05) is 0 Å². The predicted molar refractivity (Wildman–Crippen MR) is 50.1 cm³/mol. The molecule has 2 fully saturated rings. The molecule has 0 amide bonds. The monoisotopic (exact) mass is 252 g/mol. The van der Waals surface area contributed by atoms with Gasteiger partial charge in [-0.2, -0.15) is 0 Å². The Bertz CT molecular complexity index is 138. The summed E-state index contributed by atoms with van der Waals surface area (Å²) in [5, 5.41) is 0. The zero-order chi connectivity index (χ0) is 7.14. The van der Waals surface area contributed by atoms with E-state index in [2.05, 4.69) is 37.9 Å². The van der Waals surface area contributed by atoms with Crippen LogP contribution >= 0.6 is 22.9 Å². The summed E-state index contributed by atoms with van der Waals surface area (Å²) < 4.78 is 2.42. The summed E-state index contributed by atoms with van der Waals surface area (Å²) in [6.45, 7) is 3.92. The van der Waals surface area contributed by atoms with Crippen LogP contribution in [0.3, 0.4) is 0 Å². The highest BCUT2D eigenvalue weighted by Crippen LogP contribution is 2.31. The minimum Gasteiger partial charge on any atom is -0.303 e. The fourth-order valence-corrected chi connectivity index (χ4v) is 2.89. The molecule has 10 heavy (non-hydrogen) atoms. The van der Waals surface area contributed by atoms with Gasteiger partial charge in [0.15, 0.2) is 0 Å². The standard InChI is InChI=1S/C7H13IN2/c1-9-4-6-5-10(8)3-2-7(6)9/h6-7H,2-5H2,1H3. The minimum atomic E-state index is 0.922. The number of rotatable bonds is 0. The van der Waals surface area contributed by atoms with Crippen LogP contribution in [0.4, 0.5) is 0 Å². The van der Waals surface area contributed by atoms with Crippen molar-refractivity contribution in [3.8, 4) is 0 Å². The van der Waals surface area contributed by atoms with Crippen molar-refractivity contribution in [1.29, 1.82) is 0 Å². The Kier molecular flexibility index (Phi) is 1.90. The maximum atomic E-state index is 2.48. The lowest BCUT2D eigenvalue weighted by atomic mass is 9.84. The number of nitrogens with zero attached hydrogens (tertiary/aromatic N) is 2. The fraction of sp³-hybridized carbons (Fsp3) is 1.00. The van der Waals surface area contributed by atoms with Gasteiger partial charge in [-0.05, 0) is 13.5 Å². The van der Waals surface area contributed by atoms with Crippen LogP contribution in [0.15, 0.2) is 0 Å². The van der Waals surface area contributed by atoms with E-state index < -0.39 is 0 Å². The van der Waals surface area contributed by atoms with Gasteiger partial charge in [-0.25, -0.2) is 3.11 Å². The van der Waals surface area contributed by atoms with Crippen LogP contribution in [0.5, 0.6) is 0 Å². The molecule has 0 aromatic heterocycles. The molecule has 2 atom stereocenters. The highest BCUT2D eigenvalue weighted by atomic mass is 127. The van der Waals surface area contributed by atoms with Crippen molar-refractivity contribution in [3.05, 3.63) is 0 Å². The van der Waals surface area contributed by atoms with E-state index in [0.29, 0.717) is 0 Å². The third-order valence-corrected chi connectivity index (χ3v) is 3.61. The number of halogens is 1. The van der Waals surface area contributed by atoms with E-state index in [1.54, 1.807) is 0 Å². The van der Waals surface area contributed by atoms with Crippen LogP contribution in [0.25, 0.3) is 0 Å². The molecule has 2 saturated heterocycles. The van der Waals surface area contributed by atoms with Gasteiger partial charge in [0.05, 0.1) is 0 Å². The van der Waals surface area contributed by atoms with Crippen LogP contribution in [0.1, 0.15) is 6.42 Å². The molecular weight excluding hydrogens is 239 g/mol. The van der Waals surface area contributed by atoms with E-state index in [0.717, 1.165) is 12.0 Å². The molecule has 2 rings (SSSR count). The lowest BCUT2D eigenvalue weighted by molar-refractivity contribution is 0.00269. The average Bonchev–Trinajstić information content (AvgIpc) is 1.86. The topological polar surface area (TPSA) is 6.48 Å². The van der Waals surface area contributed by atoms with Gasteiger partial charge in [-0.3, -0.25) is 0 Å². The first-order chi connectivity index (χ1) is 4.77. The van der Waals surface area contributed by atoms with Gasteiger partial charge in [-0.1, -0.05) is 0 Å². The first kappa shape index (κ1) is 7.31. The number of hydrogen-bond acceptors (Lipinski definition) is 2. The second-order valence-corrected chi connectivity index (χ2v) is 4.79. The molecule has 2 nitrogen and oxygen atoms in total. The van der Waals surface area contributed by atoms with Gasteiger partial charge in [0, 0.05) is 54.5 Å². The molecule has 0 N–H and O–H groups in total. The van der Waals surface area contributed by atoms with Gasteiger partial charge in [0.25, 0.3) is 0 Å². The van der Waals surface area contributed by atoms with Crippen LogP contribution in [0, 0.1) is 5.92 Å². The summed E-state index contributed by atoms with van der Waals surface area (Å²) in [5.41, 5.74) is 0. The third kappa shape index (κ3) is 1.08. The predicted octanol–water partition coefficient (Wildman–Crippen LogP) is 0.972. The third-order valence-electron chi connectivity index (χ3n) is 2.73. The first-order valence-corrected chi connectivity index (χ1v) is 4.85. The number of likely N-dealkylation sites (tertiary alicyclic amines) is 1. The lowest BCUT2D eigenvalue weighted by Gasteiger charge is -2.50. The molecule has 2 aliphatic heterocycles. The van der Waals surface area contributed by atoms with Crippen molar-refractivity contribution >= 4 is 22.9 Å². The molecule has 0 aromatic carbocycles. The maximum absolute atomic E-state index is 2.48. The molecule has 3 heteroatoms. The van der Waals surface area contributed by atoms with Crippen molar-refractivity contribution < 1.29 is 0 Å². The Balaban J connectivity index is 1.93. The van der Waals surface area contributed by atoms with E-state index >= 15 is 0 Å². The molecular formula is C7H13IN2. The van der Waals surface area contributed by atoms with Crippen molar-refractivity contribution in [2.45, 2.75) is 12.5 Å². The Morgan fingerprint density at radius 3 is 2.80 bits per heavy atom. The Morgan fingerprint density at radius 1 is 1.40 bits per heavy atom. The summed E-state index contributed by atoms with van der Waals surface area (Å²) >= 11 is 2.44. The fourth-order valence-electron chi connectivity index (χ4n) is 2.10. The first-order valence-electron chi connectivity index (χ1n) is 3.88. The summed E-state index contributed by atoms with van der Waals surface area (Å²) in [7, 11) is 2.24. The summed E-state index contributed by atoms with van der Waals surface area (Å²) in [5.74, 6) is 0.982. The quantitative estimate of drug-likeness (QED) is 0.468. The van der Waals surface area contributed by atoms with E-state index in [4.69, 9.17) is 0 Å². The molecule has 0 aliphatic carbocycles. The van der Waals surface area contributed by atoms with Crippen LogP contribution in [0.2, 0.25) is 0 Å². The van der Waals surface area contributed by atoms with Gasteiger partial charge in [0.2, 0.25) is 0 Å². The lowest BCUT2D eigenvalue weighted by Crippen LogP contribution is -2.60. The van der Waals surface area contributed by atoms with Crippen LogP contribution in [-0.2, 0) is 0 Å². The Labute approximate surface area is 76.1 Å². The van der Waals surface area contributed by atoms with Gasteiger partial charge in [-0.15, -0.1) is 0 Å². The Hall–Kier alpha value is 0.650. The second-order valence-electron chi connectivity index (χ2n) is 3.42. The molecule has 2 unspecified atom stereocenters. The van der Waals surface area contributed by atoms with Crippen LogP contribution < -0.4 is 0 Å². The van der Waals surface area contributed by atoms with Gasteiger partial charge >= 0.3 is 0 Å². The largest absolute Gasteiger partial charge is 0.303 e. The highest BCUT2D eigenvalue weighted by molar-refractivity contribution is 14.1. The molecule has 0 saturated carbocycles. The molecule has 0 aromatic rings. The maximum Gasteiger partial charge on any atom is 0.0201 e. The minimum absolute atomic E-state index is 0.922. The molecule has 0 spiro atoms. The van der Waals surface area contributed by atoms with E-state index in [-0.39, 0.29) is 0 Å². The van der Waals surface area contributed by atoms with Crippen molar-refractivity contribution in [3.63, 3.8) is 0 Å². The normalized spacial score (nSPS) is 42.6. The van der Waals surface area contributed by atoms with Crippen molar-refractivity contribution in [2.24, 2.45) is 5.92 Å². The number of piperidine rings is 1. The SMILES string of the molecule is CN1CC2CN(I)CCC21. The average molecular weight is 252 g/mol. The second kappa shape index (κ2) is 2.60. The number of fused-ring (bicyclic) bond motifs is 1. The van der Waals surface area contributed by atoms with E-state index in [9.17, 15) is 0 Å². The molecule has 2 aliphatic rings. The molecule has 0 bridgehead atoms. The zero-order valence-electron chi connectivity index (χ0n) is 6.26. The molecule has 2 heterocycles. The van der Waals surface area contributed by atoms with Gasteiger partial charge in [0.1, 0.15) is 0 Å². The van der Waals surface area contributed by atoms with Crippen LogP contribution in [-0.4, -0.2) is 40.7 Å². The highest BCUT2D eigenvalue weighted by Gasteiger charge is 2.39. The van der Waals surface area contributed by atoms with Gasteiger partial charge < -0.3 is 4.90 Å². The zero-order valence-corrected chi connectivity index (χ0v) is 8.41. The molecule has 0 radical (unpaired) electrons. The summed E-state index contributed by atoms with van der Waals surface area (Å²) in [4.78, 5) is 2.48. The smallest absolute Gasteiger partial charge is 0.0201 e.